The molecule has 0 radical (unpaired) electrons. The maximum Gasteiger partial charge on any atom is 0.0702 e. The Balaban J connectivity index is 1.62. The molecule has 1 aromatic heterocycles. The van der Waals surface area contributed by atoms with Gasteiger partial charge in [-0.15, -0.1) is 0 Å². The number of benzene rings is 3. The molecule has 0 unspecified atom stereocenters. The van der Waals surface area contributed by atoms with Gasteiger partial charge in [0.15, 0.2) is 0 Å². The first-order chi connectivity index (χ1) is 17.2. The van der Waals surface area contributed by atoms with Crippen molar-refractivity contribution in [1.82, 2.24) is 4.98 Å². The summed E-state index contributed by atoms with van der Waals surface area (Å²) in [5.41, 5.74) is 9.67. The number of pyridine rings is 1. The average molecular weight is 453 g/mol. The van der Waals surface area contributed by atoms with Gasteiger partial charge in [0, 0.05) is 28.8 Å². The van der Waals surface area contributed by atoms with Crippen molar-refractivity contribution in [2.75, 3.05) is 4.90 Å². The summed E-state index contributed by atoms with van der Waals surface area (Å²) in [6.45, 7) is 8.33. The third-order valence-corrected chi connectivity index (χ3v) is 6.22. The van der Waals surface area contributed by atoms with E-state index in [9.17, 15) is 0 Å². The van der Waals surface area contributed by atoms with Gasteiger partial charge in [0.05, 0.1) is 5.69 Å². The highest BCUT2D eigenvalue weighted by atomic mass is 15.1. The van der Waals surface area contributed by atoms with Gasteiger partial charge >= 0.3 is 0 Å². The Morgan fingerprint density at radius 2 is 1.49 bits per heavy atom. The van der Waals surface area contributed by atoms with Gasteiger partial charge in [0.2, 0.25) is 0 Å². The molecule has 0 saturated carbocycles. The van der Waals surface area contributed by atoms with Gasteiger partial charge < -0.3 is 4.90 Å². The number of rotatable bonds is 7. The van der Waals surface area contributed by atoms with Crippen LogP contribution in [0, 0.1) is 0 Å². The molecule has 5 rings (SSSR count). The van der Waals surface area contributed by atoms with Gasteiger partial charge in [-0.25, -0.2) is 0 Å². The molecule has 4 aromatic rings. The van der Waals surface area contributed by atoms with Crippen LogP contribution >= 0.6 is 0 Å². The fourth-order valence-corrected chi connectivity index (χ4v) is 4.42. The summed E-state index contributed by atoms with van der Waals surface area (Å²) in [6, 6.07) is 31.7. The van der Waals surface area contributed by atoms with Gasteiger partial charge in [0.1, 0.15) is 0 Å². The van der Waals surface area contributed by atoms with E-state index in [1.54, 1.807) is 6.08 Å². The molecule has 35 heavy (non-hydrogen) atoms. The van der Waals surface area contributed by atoms with Crippen LogP contribution < -0.4 is 4.90 Å². The molecule has 0 N–H and O–H groups in total. The van der Waals surface area contributed by atoms with Crippen molar-refractivity contribution < 1.29 is 0 Å². The Morgan fingerprint density at radius 1 is 0.743 bits per heavy atom. The summed E-state index contributed by atoms with van der Waals surface area (Å²) >= 11 is 0. The lowest BCUT2D eigenvalue weighted by Crippen LogP contribution is -2.14. The van der Waals surface area contributed by atoms with E-state index < -0.39 is 0 Å². The van der Waals surface area contributed by atoms with Gasteiger partial charge in [0.25, 0.3) is 0 Å². The molecule has 2 nitrogen and oxygen atoms in total. The zero-order chi connectivity index (χ0) is 24.0. The minimum absolute atomic E-state index is 0.815. The zero-order valence-corrected chi connectivity index (χ0v) is 19.8. The van der Waals surface area contributed by atoms with Crippen LogP contribution in [0.1, 0.15) is 18.4 Å². The van der Waals surface area contributed by atoms with Crippen molar-refractivity contribution in [3.8, 4) is 22.4 Å². The molecular weight excluding hydrogens is 424 g/mol. The average Bonchev–Trinajstić information content (AvgIpc) is 2.95. The maximum atomic E-state index is 4.62. The molecule has 3 aromatic carbocycles. The molecule has 0 aliphatic heterocycles. The summed E-state index contributed by atoms with van der Waals surface area (Å²) in [6.07, 6.45) is 12.5. The molecule has 0 bridgehead atoms. The number of anilines is 2. The van der Waals surface area contributed by atoms with Crippen LogP contribution in [0.15, 0.2) is 140 Å². The van der Waals surface area contributed by atoms with Crippen molar-refractivity contribution in [2.24, 2.45) is 0 Å². The lowest BCUT2D eigenvalue weighted by atomic mass is 9.95. The first kappa shape index (κ1) is 22.4. The van der Waals surface area contributed by atoms with Crippen LogP contribution in [0.3, 0.4) is 0 Å². The predicted molar refractivity (Wildman–Crippen MR) is 149 cm³/mol. The topological polar surface area (TPSA) is 16.1 Å². The van der Waals surface area contributed by atoms with E-state index in [0.717, 1.165) is 41.2 Å². The fourth-order valence-electron chi connectivity index (χ4n) is 4.42. The summed E-state index contributed by atoms with van der Waals surface area (Å²) in [4.78, 5) is 6.78. The molecule has 0 amide bonds. The van der Waals surface area contributed by atoms with Crippen molar-refractivity contribution in [1.29, 1.82) is 0 Å². The van der Waals surface area contributed by atoms with Gasteiger partial charge in [-0.1, -0.05) is 79.9 Å². The van der Waals surface area contributed by atoms with Crippen LogP contribution in [0.4, 0.5) is 11.4 Å². The van der Waals surface area contributed by atoms with E-state index in [4.69, 9.17) is 0 Å². The van der Waals surface area contributed by atoms with Gasteiger partial charge in [-0.05, 0) is 83.6 Å². The second-order valence-electron chi connectivity index (χ2n) is 8.57. The van der Waals surface area contributed by atoms with Crippen molar-refractivity contribution in [3.63, 3.8) is 0 Å². The number of hydrogen-bond acceptors (Lipinski definition) is 2. The highest BCUT2D eigenvalue weighted by molar-refractivity contribution is 5.84. The first-order valence-corrected chi connectivity index (χ1v) is 11.9. The third kappa shape index (κ3) is 4.92. The maximum absolute atomic E-state index is 4.62. The Labute approximate surface area is 207 Å². The standard InChI is InChI=1S/C33H28N2/c1-3-25(2)35(31-19-17-28(18-20-31)26-12-6-4-7-13-26)32-23-29(27-14-8-5-9-15-27)22-30(24-32)33-16-10-11-21-34-33/h3-4,6-8,10-24H,1-2,5,9H2. The Kier molecular flexibility index (Phi) is 6.54. The second kappa shape index (κ2) is 10.2. The van der Waals surface area contributed by atoms with Crippen molar-refractivity contribution in [2.45, 2.75) is 12.8 Å². The minimum atomic E-state index is 0.815. The van der Waals surface area contributed by atoms with Crippen LogP contribution in [-0.2, 0) is 0 Å². The summed E-state index contributed by atoms with van der Waals surface area (Å²) in [5.74, 6) is 0. The lowest BCUT2D eigenvalue weighted by molar-refractivity contribution is 1.04. The molecule has 1 aliphatic rings. The van der Waals surface area contributed by atoms with Crippen LogP contribution in [-0.4, -0.2) is 4.98 Å². The van der Waals surface area contributed by atoms with Crippen molar-refractivity contribution >= 4 is 16.9 Å². The normalized spacial score (nSPS) is 12.6. The zero-order valence-electron chi connectivity index (χ0n) is 19.8. The third-order valence-electron chi connectivity index (χ3n) is 6.22. The van der Waals surface area contributed by atoms with E-state index in [2.05, 4.69) is 114 Å². The Bertz CT molecular complexity index is 1390. The number of nitrogens with zero attached hydrogens (tertiary/aromatic N) is 2. The quantitative estimate of drug-likeness (QED) is 0.260. The van der Waals surface area contributed by atoms with E-state index >= 15 is 0 Å². The number of aromatic nitrogens is 1. The Morgan fingerprint density at radius 3 is 2.17 bits per heavy atom. The first-order valence-electron chi connectivity index (χ1n) is 11.9. The smallest absolute Gasteiger partial charge is 0.0702 e. The van der Waals surface area contributed by atoms with Crippen LogP contribution in [0.25, 0.3) is 28.0 Å². The number of hydrogen-bond donors (Lipinski definition) is 0. The summed E-state index contributed by atoms with van der Waals surface area (Å²) in [5, 5.41) is 0. The molecule has 2 heteroatoms. The van der Waals surface area contributed by atoms with Gasteiger partial charge in [-0.3, -0.25) is 4.98 Å². The molecule has 0 fully saturated rings. The van der Waals surface area contributed by atoms with Crippen LogP contribution in [0.5, 0.6) is 0 Å². The Hall–Kier alpha value is -4.43. The summed E-state index contributed by atoms with van der Waals surface area (Å²) < 4.78 is 0. The second-order valence-corrected chi connectivity index (χ2v) is 8.57. The molecular formula is C33H28N2. The summed E-state index contributed by atoms with van der Waals surface area (Å²) in [7, 11) is 0. The van der Waals surface area contributed by atoms with Gasteiger partial charge in [-0.2, -0.15) is 0 Å². The van der Waals surface area contributed by atoms with E-state index in [-0.39, 0.29) is 0 Å². The molecule has 0 saturated heterocycles. The molecule has 0 spiro atoms. The van der Waals surface area contributed by atoms with E-state index in [0.29, 0.717) is 0 Å². The van der Waals surface area contributed by atoms with E-state index in [1.165, 1.54) is 22.3 Å². The molecule has 1 aliphatic carbocycles. The highest BCUT2D eigenvalue weighted by Gasteiger charge is 2.16. The fraction of sp³-hybridized carbons (Fsp3) is 0.0606. The molecule has 0 atom stereocenters. The van der Waals surface area contributed by atoms with E-state index in [1.807, 2.05) is 24.4 Å². The monoisotopic (exact) mass is 452 g/mol. The largest absolute Gasteiger partial charge is 0.311 e. The molecule has 1 heterocycles. The predicted octanol–water partition coefficient (Wildman–Crippen LogP) is 8.99. The SMILES string of the molecule is C=CC(=C)N(c1ccc(-c2ccccc2)cc1)c1cc(C2=CCCC=C2)cc(-c2ccccn2)c1. The lowest BCUT2D eigenvalue weighted by Gasteiger charge is -2.27. The van der Waals surface area contributed by atoms with Crippen LogP contribution in [0.2, 0.25) is 0 Å². The highest BCUT2D eigenvalue weighted by Crippen LogP contribution is 2.37. The minimum Gasteiger partial charge on any atom is -0.311 e. The number of allylic oxidation sites excluding steroid dienone is 5. The molecule has 170 valence electrons. The van der Waals surface area contributed by atoms with Crippen molar-refractivity contribution in [3.05, 3.63) is 146 Å².